The molecule has 0 aliphatic heterocycles. The predicted octanol–water partition coefficient (Wildman–Crippen LogP) is 2.35. The highest BCUT2D eigenvalue weighted by atomic mass is 32.1. The zero-order chi connectivity index (χ0) is 13.7. The van der Waals surface area contributed by atoms with E-state index in [0.717, 1.165) is 5.56 Å². The zero-order valence-electron chi connectivity index (χ0n) is 10.1. The van der Waals surface area contributed by atoms with E-state index >= 15 is 0 Å². The third-order valence-electron chi connectivity index (χ3n) is 2.39. The van der Waals surface area contributed by atoms with E-state index in [1.165, 1.54) is 6.21 Å². The predicted molar refractivity (Wildman–Crippen MR) is 77.0 cm³/mol. The lowest BCUT2D eigenvalue weighted by atomic mass is 10.1. The fourth-order valence-corrected chi connectivity index (χ4v) is 1.66. The average Bonchev–Trinajstić information content (AvgIpc) is 2.80. The van der Waals surface area contributed by atoms with Crippen molar-refractivity contribution in [2.45, 2.75) is 6.42 Å². The maximum atomic E-state index is 10.0. The molecule has 1 heterocycles. The van der Waals surface area contributed by atoms with Gasteiger partial charge in [-0.05, 0) is 30.3 Å². The van der Waals surface area contributed by atoms with Crippen molar-refractivity contribution in [3.8, 4) is 5.75 Å². The zero-order valence-corrected chi connectivity index (χ0v) is 10.9. The molecule has 19 heavy (non-hydrogen) atoms. The molecule has 6 nitrogen and oxygen atoms in total. The highest BCUT2D eigenvalue weighted by Gasteiger charge is 2.03. The molecule has 0 saturated heterocycles. The molecule has 7 heteroatoms. The summed E-state index contributed by atoms with van der Waals surface area (Å²) in [5.74, 6) is 0.603. The number of allylic oxidation sites excluding steroid dienone is 1. The van der Waals surface area contributed by atoms with E-state index in [4.69, 9.17) is 12.2 Å². The van der Waals surface area contributed by atoms with Gasteiger partial charge in [0.1, 0.15) is 5.75 Å². The van der Waals surface area contributed by atoms with E-state index in [2.05, 4.69) is 32.3 Å². The van der Waals surface area contributed by atoms with Crippen molar-refractivity contribution in [3.05, 3.63) is 46.8 Å². The molecule has 0 aliphatic carbocycles. The van der Waals surface area contributed by atoms with Crippen LogP contribution in [-0.4, -0.2) is 26.5 Å². The van der Waals surface area contributed by atoms with Gasteiger partial charge in [-0.3, -0.25) is 10.2 Å². The first-order valence-electron chi connectivity index (χ1n) is 5.56. The molecule has 2 rings (SSSR count). The van der Waals surface area contributed by atoms with Gasteiger partial charge in [0, 0.05) is 5.56 Å². The molecule has 1 aromatic carbocycles. The van der Waals surface area contributed by atoms with Gasteiger partial charge >= 0.3 is 0 Å². The lowest BCUT2D eigenvalue weighted by Crippen LogP contribution is -1.94. The summed E-state index contributed by atoms with van der Waals surface area (Å²) in [6, 6.07) is 5.45. The monoisotopic (exact) mass is 275 g/mol. The maximum Gasteiger partial charge on any atom is 0.238 e. The van der Waals surface area contributed by atoms with Crippen LogP contribution in [0.1, 0.15) is 11.1 Å². The molecular weight excluding hydrogens is 262 g/mol. The molecule has 0 bridgehead atoms. The number of benzene rings is 1. The number of phenols is 1. The molecule has 0 atom stereocenters. The quantitative estimate of drug-likeness (QED) is 0.292. The Kier molecular flexibility index (Phi) is 4.09. The Labute approximate surface area is 114 Å². The first-order valence-corrected chi connectivity index (χ1v) is 5.97. The van der Waals surface area contributed by atoms with Crippen LogP contribution >= 0.6 is 12.2 Å². The summed E-state index contributed by atoms with van der Waals surface area (Å²) in [6.45, 7) is 3.65. The van der Waals surface area contributed by atoms with E-state index in [1.807, 2.05) is 12.1 Å². The van der Waals surface area contributed by atoms with Gasteiger partial charge in [0.25, 0.3) is 0 Å². The minimum Gasteiger partial charge on any atom is -0.507 e. The first kappa shape index (κ1) is 13.0. The van der Waals surface area contributed by atoms with Crippen molar-refractivity contribution >= 4 is 24.4 Å². The number of rotatable bonds is 5. The maximum absolute atomic E-state index is 10.0. The second-order valence-electron chi connectivity index (χ2n) is 3.73. The van der Waals surface area contributed by atoms with Gasteiger partial charge in [-0.2, -0.15) is 10.1 Å². The molecule has 2 aromatic rings. The topological polar surface area (TPSA) is 89.1 Å². The van der Waals surface area contributed by atoms with Gasteiger partial charge in [-0.1, -0.05) is 18.2 Å². The minimum absolute atomic E-state index is 0.197. The number of hydrogen-bond donors (Lipinski definition) is 4. The minimum atomic E-state index is 0.197. The Balaban J connectivity index is 2.12. The SMILES string of the molecule is C=CCc1cccc(C=NNc2nc(=S)[nH][nH]2)c1O. The lowest BCUT2D eigenvalue weighted by molar-refractivity contribution is 0.469. The van der Waals surface area contributed by atoms with Crippen LogP contribution in [0.25, 0.3) is 0 Å². The van der Waals surface area contributed by atoms with Crippen LogP contribution in [0.4, 0.5) is 5.95 Å². The van der Waals surface area contributed by atoms with Crippen molar-refractivity contribution in [3.63, 3.8) is 0 Å². The van der Waals surface area contributed by atoms with Crippen LogP contribution in [0.5, 0.6) is 5.75 Å². The van der Waals surface area contributed by atoms with E-state index in [9.17, 15) is 5.11 Å². The average molecular weight is 275 g/mol. The summed E-state index contributed by atoms with van der Waals surface area (Å²) >= 11 is 4.80. The number of hydrogen-bond acceptors (Lipinski definition) is 5. The fraction of sp³-hybridized carbons (Fsp3) is 0.0833. The lowest BCUT2D eigenvalue weighted by Gasteiger charge is -2.04. The molecule has 0 radical (unpaired) electrons. The molecular formula is C12H13N5OS. The number of anilines is 1. The number of H-pyrrole nitrogens is 2. The van der Waals surface area contributed by atoms with Gasteiger partial charge in [-0.25, -0.2) is 5.43 Å². The molecule has 0 saturated carbocycles. The highest BCUT2D eigenvalue weighted by Crippen LogP contribution is 2.21. The number of aromatic amines is 2. The van der Waals surface area contributed by atoms with E-state index in [0.29, 0.717) is 22.7 Å². The number of aromatic hydroxyl groups is 1. The second kappa shape index (κ2) is 5.96. The van der Waals surface area contributed by atoms with Crippen LogP contribution in [-0.2, 0) is 6.42 Å². The molecule has 0 fully saturated rings. The Bertz CT molecular complexity index is 658. The number of para-hydroxylation sites is 1. The molecule has 0 spiro atoms. The molecule has 0 aliphatic rings. The third-order valence-corrected chi connectivity index (χ3v) is 2.58. The standard InChI is InChI=1S/C12H13N5OS/c1-2-4-8-5-3-6-9(10(8)18)7-13-15-11-14-12(19)17-16-11/h2-3,5-7,18H,1,4H2,(H3,14,15,16,17,19). The normalized spacial score (nSPS) is 10.7. The third kappa shape index (κ3) is 3.29. The summed E-state index contributed by atoms with van der Waals surface area (Å²) in [4.78, 5) is 3.91. The second-order valence-corrected chi connectivity index (χ2v) is 4.12. The van der Waals surface area contributed by atoms with Crippen LogP contribution in [0, 0.1) is 4.77 Å². The van der Waals surface area contributed by atoms with Crippen LogP contribution < -0.4 is 5.43 Å². The van der Waals surface area contributed by atoms with E-state index < -0.39 is 0 Å². The van der Waals surface area contributed by atoms with E-state index in [-0.39, 0.29) is 5.75 Å². The van der Waals surface area contributed by atoms with Crippen molar-refractivity contribution in [2.75, 3.05) is 5.43 Å². The van der Waals surface area contributed by atoms with Gasteiger partial charge in [-0.15, -0.1) is 6.58 Å². The smallest absolute Gasteiger partial charge is 0.238 e. The summed E-state index contributed by atoms with van der Waals surface area (Å²) in [5.41, 5.74) is 4.08. The van der Waals surface area contributed by atoms with Gasteiger partial charge in [0.2, 0.25) is 10.7 Å². The van der Waals surface area contributed by atoms with Crippen molar-refractivity contribution < 1.29 is 5.11 Å². The van der Waals surface area contributed by atoms with Crippen molar-refractivity contribution in [1.82, 2.24) is 15.2 Å². The molecule has 1 aromatic heterocycles. The summed E-state index contributed by atoms with van der Waals surface area (Å²) < 4.78 is 0.341. The van der Waals surface area contributed by atoms with Gasteiger partial charge < -0.3 is 5.11 Å². The largest absolute Gasteiger partial charge is 0.507 e. The molecule has 0 unspecified atom stereocenters. The van der Waals surface area contributed by atoms with Crippen LogP contribution in [0.3, 0.4) is 0 Å². The number of nitrogens with zero attached hydrogens (tertiary/aromatic N) is 2. The van der Waals surface area contributed by atoms with Crippen molar-refractivity contribution in [1.29, 1.82) is 0 Å². The number of aromatic nitrogens is 3. The summed E-state index contributed by atoms with van der Waals surface area (Å²) in [7, 11) is 0. The fourth-order valence-electron chi connectivity index (χ4n) is 1.52. The Morgan fingerprint density at radius 3 is 3.00 bits per heavy atom. The van der Waals surface area contributed by atoms with Gasteiger partial charge in [0.15, 0.2) is 0 Å². The van der Waals surface area contributed by atoms with Crippen LogP contribution in [0.15, 0.2) is 36.0 Å². The number of nitrogens with one attached hydrogen (secondary N) is 3. The Morgan fingerprint density at radius 1 is 1.47 bits per heavy atom. The van der Waals surface area contributed by atoms with Crippen LogP contribution in [0.2, 0.25) is 0 Å². The number of phenolic OH excluding ortho intramolecular Hbond substituents is 1. The summed E-state index contributed by atoms with van der Waals surface area (Å²) in [5, 5.41) is 19.3. The Hall–Kier alpha value is -2.41. The van der Waals surface area contributed by atoms with E-state index in [1.54, 1.807) is 12.1 Å². The van der Waals surface area contributed by atoms with Gasteiger partial charge in [0.05, 0.1) is 6.21 Å². The molecule has 0 amide bonds. The molecule has 4 N–H and O–H groups in total. The summed E-state index contributed by atoms with van der Waals surface area (Å²) in [6.07, 6.45) is 3.85. The first-order chi connectivity index (χ1) is 9.20. The van der Waals surface area contributed by atoms with Crippen molar-refractivity contribution in [2.24, 2.45) is 5.10 Å². The Morgan fingerprint density at radius 2 is 2.32 bits per heavy atom. The number of hydrazone groups is 1. The highest BCUT2D eigenvalue weighted by molar-refractivity contribution is 7.71. The molecule has 98 valence electrons.